The van der Waals surface area contributed by atoms with Crippen LogP contribution < -0.4 is 4.90 Å². The minimum absolute atomic E-state index is 0.223. The zero-order valence-corrected chi connectivity index (χ0v) is 16.2. The fraction of sp³-hybridized carbons (Fsp3) is 0.389. The largest absolute Gasteiger partial charge is 0.368 e. The summed E-state index contributed by atoms with van der Waals surface area (Å²) in [7, 11) is 2.01. The van der Waals surface area contributed by atoms with E-state index < -0.39 is 0 Å². The molecular formula is C18H22BrN3OS. The van der Waals surface area contributed by atoms with Gasteiger partial charge in [-0.05, 0) is 47.2 Å². The molecule has 1 aliphatic heterocycles. The first-order chi connectivity index (χ1) is 11.6. The predicted octanol–water partition coefficient (Wildman–Crippen LogP) is 3.29. The minimum Gasteiger partial charge on any atom is -0.368 e. The third-order valence-electron chi connectivity index (χ3n) is 4.21. The molecule has 4 nitrogen and oxygen atoms in total. The van der Waals surface area contributed by atoms with Crippen LogP contribution in [-0.2, 0) is 11.3 Å². The molecule has 1 fully saturated rings. The van der Waals surface area contributed by atoms with E-state index in [9.17, 15) is 4.79 Å². The van der Waals surface area contributed by atoms with Crippen molar-refractivity contribution in [1.29, 1.82) is 0 Å². The molecular weight excluding hydrogens is 386 g/mol. The monoisotopic (exact) mass is 407 g/mol. The molecule has 1 aliphatic rings. The maximum atomic E-state index is 12.5. The van der Waals surface area contributed by atoms with Gasteiger partial charge >= 0.3 is 0 Å². The molecule has 0 atom stereocenters. The van der Waals surface area contributed by atoms with Gasteiger partial charge in [0.15, 0.2) is 0 Å². The third-order valence-corrected chi connectivity index (χ3v) is 5.82. The van der Waals surface area contributed by atoms with Crippen LogP contribution >= 0.6 is 27.3 Å². The van der Waals surface area contributed by atoms with Crippen molar-refractivity contribution in [2.45, 2.75) is 6.54 Å². The van der Waals surface area contributed by atoms with E-state index in [1.54, 1.807) is 11.3 Å². The molecule has 0 aliphatic carbocycles. The predicted molar refractivity (Wildman–Crippen MR) is 104 cm³/mol. The summed E-state index contributed by atoms with van der Waals surface area (Å²) in [5, 5.41) is 0. The maximum absolute atomic E-state index is 12.5. The summed E-state index contributed by atoms with van der Waals surface area (Å²) in [6.45, 7) is 4.68. The van der Waals surface area contributed by atoms with E-state index >= 15 is 0 Å². The van der Waals surface area contributed by atoms with Crippen molar-refractivity contribution in [2.75, 3.05) is 44.7 Å². The Bertz CT molecular complexity index is 668. The minimum atomic E-state index is 0.223. The van der Waals surface area contributed by atoms with Crippen LogP contribution in [0.4, 0.5) is 5.69 Å². The summed E-state index contributed by atoms with van der Waals surface area (Å²) in [4.78, 5) is 20.2. The quantitative estimate of drug-likeness (QED) is 0.760. The number of likely N-dealkylation sites (N-methyl/N-ethyl adjacent to an activating group) is 1. The van der Waals surface area contributed by atoms with Gasteiger partial charge in [-0.3, -0.25) is 9.69 Å². The molecule has 24 heavy (non-hydrogen) atoms. The second-order valence-corrected chi connectivity index (χ2v) is 8.63. The van der Waals surface area contributed by atoms with Crippen molar-refractivity contribution in [3.63, 3.8) is 0 Å². The molecule has 3 rings (SSSR count). The lowest BCUT2D eigenvalue weighted by Gasteiger charge is -2.36. The Balaban J connectivity index is 1.46. The fourth-order valence-electron chi connectivity index (χ4n) is 2.94. The van der Waals surface area contributed by atoms with Gasteiger partial charge in [0.2, 0.25) is 5.91 Å². The number of hydrogen-bond acceptors (Lipinski definition) is 4. The average molecular weight is 408 g/mol. The number of hydrogen-bond donors (Lipinski definition) is 0. The maximum Gasteiger partial charge on any atom is 0.236 e. The SMILES string of the molecule is CN(CC(=O)N1CCN(c2ccccc2)CC1)Cc1ccc(Br)s1. The van der Waals surface area contributed by atoms with Gasteiger partial charge in [-0.15, -0.1) is 11.3 Å². The molecule has 1 saturated heterocycles. The lowest BCUT2D eigenvalue weighted by molar-refractivity contribution is -0.132. The Hall–Kier alpha value is -1.37. The second-order valence-electron chi connectivity index (χ2n) is 6.08. The Labute approximate surface area is 155 Å². The molecule has 2 aromatic rings. The van der Waals surface area contributed by atoms with Gasteiger partial charge in [-0.1, -0.05) is 18.2 Å². The first-order valence-electron chi connectivity index (χ1n) is 8.12. The number of nitrogens with zero attached hydrogens (tertiary/aromatic N) is 3. The normalized spacial score (nSPS) is 15.1. The van der Waals surface area contributed by atoms with E-state index in [-0.39, 0.29) is 5.91 Å². The number of piperazine rings is 1. The summed E-state index contributed by atoms with van der Waals surface area (Å²) in [6.07, 6.45) is 0. The second kappa shape index (κ2) is 8.14. The van der Waals surface area contributed by atoms with Crippen LogP contribution in [0.5, 0.6) is 0 Å². The number of anilines is 1. The van der Waals surface area contributed by atoms with Crippen molar-refractivity contribution < 1.29 is 4.79 Å². The van der Waals surface area contributed by atoms with Crippen LogP contribution in [0.15, 0.2) is 46.3 Å². The van der Waals surface area contributed by atoms with Gasteiger partial charge in [0.25, 0.3) is 0 Å². The lowest BCUT2D eigenvalue weighted by atomic mass is 10.2. The highest BCUT2D eigenvalue weighted by Gasteiger charge is 2.22. The van der Waals surface area contributed by atoms with Crippen LogP contribution in [0.2, 0.25) is 0 Å². The lowest BCUT2D eigenvalue weighted by Crippen LogP contribution is -2.50. The van der Waals surface area contributed by atoms with E-state index in [1.807, 2.05) is 18.0 Å². The molecule has 1 aromatic heterocycles. The Morgan fingerprint density at radius 3 is 2.46 bits per heavy atom. The number of amides is 1. The number of halogens is 1. The highest BCUT2D eigenvalue weighted by molar-refractivity contribution is 9.11. The number of carbonyl (C=O) groups is 1. The van der Waals surface area contributed by atoms with Gasteiger partial charge in [-0.25, -0.2) is 0 Å². The average Bonchev–Trinajstić information content (AvgIpc) is 3.00. The summed E-state index contributed by atoms with van der Waals surface area (Å²) in [6, 6.07) is 14.6. The molecule has 0 radical (unpaired) electrons. The topological polar surface area (TPSA) is 26.8 Å². The standard InChI is InChI=1S/C18H22BrN3OS/c1-20(13-16-7-8-17(19)24-16)14-18(23)22-11-9-21(10-12-22)15-5-3-2-4-6-15/h2-8H,9-14H2,1H3. The van der Waals surface area contributed by atoms with E-state index in [4.69, 9.17) is 0 Å². The molecule has 1 amide bonds. The Morgan fingerprint density at radius 2 is 1.83 bits per heavy atom. The highest BCUT2D eigenvalue weighted by atomic mass is 79.9. The highest BCUT2D eigenvalue weighted by Crippen LogP contribution is 2.23. The molecule has 6 heteroatoms. The summed E-state index contributed by atoms with van der Waals surface area (Å²) >= 11 is 5.20. The first kappa shape index (κ1) is 17.5. The summed E-state index contributed by atoms with van der Waals surface area (Å²) in [5.74, 6) is 0.223. The fourth-order valence-corrected chi connectivity index (χ4v) is 4.51. The van der Waals surface area contributed by atoms with Gasteiger partial charge in [0.05, 0.1) is 10.3 Å². The van der Waals surface area contributed by atoms with E-state index in [2.05, 4.69) is 62.1 Å². The Kier molecular flexibility index (Phi) is 5.92. The van der Waals surface area contributed by atoms with Crippen molar-refractivity contribution in [3.05, 3.63) is 51.1 Å². The van der Waals surface area contributed by atoms with Gasteiger partial charge in [-0.2, -0.15) is 0 Å². The molecule has 0 spiro atoms. The molecule has 0 bridgehead atoms. The smallest absolute Gasteiger partial charge is 0.236 e. The third kappa shape index (κ3) is 4.59. The number of para-hydroxylation sites is 1. The van der Waals surface area contributed by atoms with E-state index in [1.165, 1.54) is 10.6 Å². The number of carbonyl (C=O) groups excluding carboxylic acids is 1. The summed E-state index contributed by atoms with van der Waals surface area (Å²) < 4.78 is 1.13. The van der Waals surface area contributed by atoms with E-state index in [0.29, 0.717) is 6.54 Å². The number of rotatable bonds is 5. The first-order valence-corrected chi connectivity index (χ1v) is 9.73. The van der Waals surface area contributed by atoms with Crippen molar-refractivity contribution in [2.24, 2.45) is 0 Å². The number of thiophene rings is 1. The van der Waals surface area contributed by atoms with Crippen LogP contribution in [-0.4, -0.2) is 55.5 Å². The van der Waals surface area contributed by atoms with Crippen molar-refractivity contribution in [3.8, 4) is 0 Å². The number of benzene rings is 1. The van der Waals surface area contributed by atoms with E-state index in [0.717, 1.165) is 36.5 Å². The molecule has 0 saturated carbocycles. The molecule has 1 aromatic carbocycles. The van der Waals surface area contributed by atoms with Crippen LogP contribution in [0.25, 0.3) is 0 Å². The molecule has 2 heterocycles. The van der Waals surface area contributed by atoms with Gasteiger partial charge in [0.1, 0.15) is 0 Å². The zero-order valence-electron chi connectivity index (χ0n) is 13.8. The molecule has 128 valence electrons. The van der Waals surface area contributed by atoms with Crippen LogP contribution in [0.1, 0.15) is 4.88 Å². The van der Waals surface area contributed by atoms with Crippen LogP contribution in [0, 0.1) is 0 Å². The van der Waals surface area contributed by atoms with Crippen molar-refractivity contribution in [1.82, 2.24) is 9.80 Å². The van der Waals surface area contributed by atoms with Gasteiger partial charge < -0.3 is 9.80 Å². The van der Waals surface area contributed by atoms with Crippen molar-refractivity contribution >= 4 is 38.9 Å². The summed E-state index contributed by atoms with van der Waals surface area (Å²) in [5.41, 5.74) is 1.24. The molecule has 0 unspecified atom stereocenters. The zero-order chi connectivity index (χ0) is 16.9. The van der Waals surface area contributed by atoms with Gasteiger partial charge in [0, 0.05) is 43.3 Å². The van der Waals surface area contributed by atoms with Crippen LogP contribution in [0.3, 0.4) is 0 Å². The molecule has 0 N–H and O–H groups in total. The Morgan fingerprint density at radius 1 is 1.12 bits per heavy atom.